The van der Waals surface area contributed by atoms with E-state index in [-0.39, 0.29) is 11.6 Å². The van der Waals surface area contributed by atoms with Crippen molar-refractivity contribution in [3.8, 4) is 5.69 Å². The van der Waals surface area contributed by atoms with Gasteiger partial charge in [0.15, 0.2) is 5.69 Å². The number of aromatic nitrogens is 2. The van der Waals surface area contributed by atoms with Crippen LogP contribution in [0.5, 0.6) is 0 Å². The molecule has 6 heteroatoms. The Morgan fingerprint density at radius 1 is 1.26 bits per heavy atom. The molecule has 0 aliphatic carbocycles. The van der Waals surface area contributed by atoms with Crippen LogP contribution in [0.15, 0.2) is 36.4 Å². The zero-order valence-electron chi connectivity index (χ0n) is 13.5. The van der Waals surface area contributed by atoms with E-state index in [0.717, 1.165) is 11.4 Å². The lowest BCUT2D eigenvalue weighted by atomic mass is 10.0. The quantitative estimate of drug-likeness (QED) is 0.857. The van der Waals surface area contributed by atoms with Crippen LogP contribution in [0, 0.1) is 12.8 Å². The van der Waals surface area contributed by atoms with Crippen molar-refractivity contribution in [3.05, 3.63) is 47.8 Å². The molecule has 1 aromatic heterocycles. The standard InChI is InChI=1S/C17H21N3O3/c1-11(2)9-15(17(22)23)18-16(21)14-10-12(3)20(19-14)13-7-5-4-6-8-13/h4-8,10-11,15H,9H2,1-3H3,(H,18,21)(H,22,23). The highest BCUT2D eigenvalue weighted by Gasteiger charge is 2.23. The molecule has 0 fully saturated rings. The van der Waals surface area contributed by atoms with Gasteiger partial charge in [0.25, 0.3) is 5.91 Å². The number of carbonyl (C=O) groups excluding carboxylic acids is 1. The molecule has 2 aromatic rings. The van der Waals surface area contributed by atoms with E-state index < -0.39 is 17.9 Å². The van der Waals surface area contributed by atoms with Crippen LogP contribution in [0.1, 0.15) is 36.5 Å². The molecule has 0 aliphatic heterocycles. The highest BCUT2D eigenvalue weighted by Crippen LogP contribution is 2.12. The first-order valence-electron chi connectivity index (χ1n) is 7.54. The Labute approximate surface area is 135 Å². The molecule has 0 radical (unpaired) electrons. The fourth-order valence-corrected chi connectivity index (χ4v) is 2.34. The molecule has 2 rings (SSSR count). The van der Waals surface area contributed by atoms with Gasteiger partial charge in [0.1, 0.15) is 6.04 Å². The van der Waals surface area contributed by atoms with E-state index in [0.29, 0.717) is 6.42 Å². The van der Waals surface area contributed by atoms with Crippen molar-refractivity contribution in [2.24, 2.45) is 5.92 Å². The van der Waals surface area contributed by atoms with Crippen molar-refractivity contribution in [1.29, 1.82) is 0 Å². The smallest absolute Gasteiger partial charge is 0.326 e. The summed E-state index contributed by atoms with van der Waals surface area (Å²) in [5.41, 5.74) is 1.86. The number of hydrogen-bond donors (Lipinski definition) is 2. The van der Waals surface area contributed by atoms with E-state index in [1.54, 1.807) is 10.7 Å². The van der Waals surface area contributed by atoms with Gasteiger partial charge in [-0.15, -0.1) is 0 Å². The van der Waals surface area contributed by atoms with Gasteiger partial charge in [-0.2, -0.15) is 5.10 Å². The van der Waals surface area contributed by atoms with Gasteiger partial charge in [-0.05, 0) is 37.5 Å². The van der Waals surface area contributed by atoms with Crippen LogP contribution < -0.4 is 5.32 Å². The molecule has 23 heavy (non-hydrogen) atoms. The average Bonchev–Trinajstić information content (AvgIpc) is 2.89. The Balaban J connectivity index is 2.19. The Hall–Kier alpha value is -2.63. The number of carboxylic acids is 1. The monoisotopic (exact) mass is 315 g/mol. The molecular weight excluding hydrogens is 294 g/mol. The maximum atomic E-state index is 12.3. The highest BCUT2D eigenvalue weighted by molar-refractivity contribution is 5.95. The van der Waals surface area contributed by atoms with Crippen molar-refractivity contribution >= 4 is 11.9 Å². The predicted octanol–water partition coefficient (Wildman–Crippen LogP) is 2.41. The number of rotatable bonds is 6. The van der Waals surface area contributed by atoms with Gasteiger partial charge in [-0.1, -0.05) is 32.0 Å². The third-order valence-corrected chi connectivity index (χ3v) is 3.43. The van der Waals surface area contributed by atoms with Gasteiger partial charge in [0, 0.05) is 5.69 Å². The average molecular weight is 315 g/mol. The fourth-order valence-electron chi connectivity index (χ4n) is 2.34. The minimum Gasteiger partial charge on any atom is -0.480 e. The molecule has 2 N–H and O–H groups in total. The van der Waals surface area contributed by atoms with Gasteiger partial charge in [-0.3, -0.25) is 4.79 Å². The Bertz CT molecular complexity index is 692. The van der Waals surface area contributed by atoms with E-state index in [1.165, 1.54) is 0 Å². The topological polar surface area (TPSA) is 84.2 Å². The van der Waals surface area contributed by atoms with Crippen LogP contribution in [0.4, 0.5) is 0 Å². The lowest BCUT2D eigenvalue weighted by Crippen LogP contribution is -2.41. The SMILES string of the molecule is Cc1cc(C(=O)NC(CC(C)C)C(=O)O)nn1-c1ccccc1. The molecular formula is C17H21N3O3. The molecule has 1 heterocycles. The largest absolute Gasteiger partial charge is 0.480 e. The highest BCUT2D eigenvalue weighted by atomic mass is 16.4. The second-order valence-electron chi connectivity index (χ2n) is 5.91. The molecule has 122 valence electrons. The molecule has 0 aliphatic rings. The molecule has 6 nitrogen and oxygen atoms in total. The lowest BCUT2D eigenvalue weighted by molar-refractivity contribution is -0.139. The van der Waals surface area contributed by atoms with E-state index in [4.69, 9.17) is 0 Å². The first-order valence-corrected chi connectivity index (χ1v) is 7.54. The molecule has 0 spiro atoms. The summed E-state index contributed by atoms with van der Waals surface area (Å²) in [6, 6.07) is 10.2. The third kappa shape index (κ3) is 4.18. The number of benzene rings is 1. The van der Waals surface area contributed by atoms with Gasteiger partial charge < -0.3 is 10.4 Å². The second-order valence-corrected chi connectivity index (χ2v) is 5.91. The first-order chi connectivity index (χ1) is 10.9. The van der Waals surface area contributed by atoms with Crippen molar-refractivity contribution in [2.45, 2.75) is 33.2 Å². The minimum atomic E-state index is -1.04. The maximum absolute atomic E-state index is 12.3. The maximum Gasteiger partial charge on any atom is 0.326 e. The van der Waals surface area contributed by atoms with Crippen molar-refractivity contribution in [3.63, 3.8) is 0 Å². The molecule has 0 saturated carbocycles. The number of aryl methyl sites for hydroxylation is 1. The van der Waals surface area contributed by atoms with E-state index in [2.05, 4.69) is 10.4 Å². The van der Waals surface area contributed by atoms with Crippen LogP contribution in [-0.2, 0) is 4.79 Å². The molecule has 0 saturated heterocycles. The van der Waals surface area contributed by atoms with Gasteiger partial charge in [0.2, 0.25) is 0 Å². The number of nitrogens with zero attached hydrogens (tertiary/aromatic N) is 2. The number of carbonyl (C=O) groups is 2. The normalized spacial score (nSPS) is 12.2. The van der Waals surface area contributed by atoms with Crippen LogP contribution in [0.25, 0.3) is 5.69 Å². The molecule has 1 amide bonds. The molecule has 0 bridgehead atoms. The molecule has 1 atom stereocenters. The van der Waals surface area contributed by atoms with Crippen LogP contribution in [0.2, 0.25) is 0 Å². The second kappa shape index (κ2) is 7.09. The van der Waals surface area contributed by atoms with Gasteiger partial charge in [-0.25, -0.2) is 9.48 Å². The van der Waals surface area contributed by atoms with E-state index in [9.17, 15) is 14.7 Å². The summed E-state index contributed by atoms with van der Waals surface area (Å²) in [4.78, 5) is 23.5. The Morgan fingerprint density at radius 3 is 2.48 bits per heavy atom. The number of nitrogens with one attached hydrogen (secondary N) is 1. The minimum absolute atomic E-state index is 0.167. The summed E-state index contributed by atoms with van der Waals surface area (Å²) < 4.78 is 1.66. The first kappa shape index (κ1) is 16.7. The van der Waals surface area contributed by atoms with Crippen molar-refractivity contribution in [1.82, 2.24) is 15.1 Å². The number of hydrogen-bond acceptors (Lipinski definition) is 3. The Kier molecular flexibility index (Phi) is 5.16. The fraction of sp³-hybridized carbons (Fsp3) is 0.353. The molecule has 1 aromatic carbocycles. The number of para-hydroxylation sites is 1. The van der Waals surface area contributed by atoms with E-state index >= 15 is 0 Å². The van der Waals surface area contributed by atoms with Gasteiger partial charge in [0.05, 0.1) is 5.69 Å². The Morgan fingerprint density at radius 2 is 1.91 bits per heavy atom. The van der Waals surface area contributed by atoms with Crippen LogP contribution in [-0.4, -0.2) is 32.8 Å². The number of carboxylic acid groups (broad SMARTS) is 1. The number of aliphatic carboxylic acids is 1. The lowest BCUT2D eigenvalue weighted by Gasteiger charge is -2.15. The number of amides is 1. The van der Waals surface area contributed by atoms with Crippen LogP contribution >= 0.6 is 0 Å². The molecule has 1 unspecified atom stereocenters. The van der Waals surface area contributed by atoms with Crippen molar-refractivity contribution < 1.29 is 14.7 Å². The third-order valence-electron chi connectivity index (χ3n) is 3.43. The van der Waals surface area contributed by atoms with Crippen LogP contribution in [0.3, 0.4) is 0 Å². The summed E-state index contributed by atoms with van der Waals surface area (Å²) in [6.07, 6.45) is 0.374. The summed E-state index contributed by atoms with van der Waals surface area (Å²) in [6.45, 7) is 5.67. The van der Waals surface area contributed by atoms with Gasteiger partial charge >= 0.3 is 5.97 Å². The summed E-state index contributed by atoms with van der Waals surface area (Å²) in [5.74, 6) is -1.35. The summed E-state index contributed by atoms with van der Waals surface area (Å²) in [5, 5.41) is 16.0. The predicted molar refractivity (Wildman–Crippen MR) is 86.6 cm³/mol. The zero-order valence-corrected chi connectivity index (χ0v) is 13.5. The van der Waals surface area contributed by atoms with E-state index in [1.807, 2.05) is 51.1 Å². The zero-order chi connectivity index (χ0) is 17.0. The van der Waals surface area contributed by atoms with Crippen molar-refractivity contribution in [2.75, 3.05) is 0 Å². The summed E-state index contributed by atoms with van der Waals surface area (Å²) in [7, 11) is 0. The summed E-state index contributed by atoms with van der Waals surface area (Å²) >= 11 is 0.